The van der Waals surface area contributed by atoms with Gasteiger partial charge in [0.1, 0.15) is 0 Å². The molecule has 5 aromatic carbocycles. The van der Waals surface area contributed by atoms with Gasteiger partial charge >= 0.3 is 24.0 Å². The van der Waals surface area contributed by atoms with Crippen LogP contribution in [0.15, 0.2) is 148 Å². The van der Waals surface area contributed by atoms with Crippen molar-refractivity contribution in [3.05, 3.63) is 156 Å². The zero-order chi connectivity index (χ0) is 51.8. The van der Waals surface area contributed by atoms with Crippen molar-refractivity contribution in [3.8, 4) is 35.5 Å². The van der Waals surface area contributed by atoms with Crippen LogP contribution in [0.25, 0.3) is 17.5 Å². The number of hydrogen-bond acceptors (Lipinski definition) is 15. The summed E-state index contributed by atoms with van der Waals surface area (Å²) in [6, 6.07) is 39.8. The summed E-state index contributed by atoms with van der Waals surface area (Å²) in [7, 11) is 0. The molecule has 0 unspecified atom stereocenters. The molecule has 74 heavy (non-hydrogen) atoms. The third-order valence-electron chi connectivity index (χ3n) is 11.8. The molecule has 15 heteroatoms. The second-order valence-electron chi connectivity index (χ2n) is 17.5. The van der Waals surface area contributed by atoms with Crippen LogP contribution in [0.1, 0.15) is 140 Å². The largest absolute Gasteiger partial charge is 0.463 e. The second-order valence-corrected chi connectivity index (χ2v) is 17.5. The summed E-state index contributed by atoms with van der Waals surface area (Å²) in [5, 5.41) is 34.6. The highest BCUT2D eigenvalue weighted by Gasteiger charge is 2.12. The Hall–Kier alpha value is -8.43. The number of aromatic nitrogens is 3. The SMILES string of the molecule is C=Cc1ccc(-c2nc(OCCCCCCCCCCOC(=O)c3ccc(N=Nc4ccc(C#N)cc4)cc3)nc(OCCCCCCCCCCOC(=O)c3ccc(N=Nc4ccc(C#N)cc4)cc3)n2)cc1. The molecule has 0 saturated carbocycles. The van der Waals surface area contributed by atoms with E-state index < -0.39 is 0 Å². The molecule has 0 spiro atoms. The van der Waals surface area contributed by atoms with E-state index in [2.05, 4.69) is 54.1 Å². The lowest BCUT2D eigenvalue weighted by Gasteiger charge is -2.10. The van der Waals surface area contributed by atoms with Gasteiger partial charge in [-0.05, 0) is 128 Å². The molecule has 1 aromatic heterocycles. The molecule has 0 aliphatic rings. The van der Waals surface area contributed by atoms with Crippen LogP contribution in [0.2, 0.25) is 0 Å². The summed E-state index contributed by atoms with van der Waals surface area (Å²) in [6.45, 7) is 5.60. The van der Waals surface area contributed by atoms with E-state index in [1.165, 1.54) is 0 Å². The molecule has 6 rings (SSSR count). The maximum atomic E-state index is 12.5. The second kappa shape index (κ2) is 31.8. The van der Waals surface area contributed by atoms with Gasteiger partial charge in [-0.2, -0.15) is 40.9 Å². The summed E-state index contributed by atoms with van der Waals surface area (Å²) in [5.41, 5.74) is 6.40. The van der Waals surface area contributed by atoms with Crippen molar-refractivity contribution in [2.45, 2.75) is 103 Å². The quantitative estimate of drug-likeness (QED) is 0.0221. The smallest absolute Gasteiger partial charge is 0.338 e. The van der Waals surface area contributed by atoms with E-state index in [0.717, 1.165) is 114 Å². The maximum absolute atomic E-state index is 12.5. The van der Waals surface area contributed by atoms with Crippen molar-refractivity contribution in [1.82, 2.24) is 15.0 Å². The van der Waals surface area contributed by atoms with Gasteiger partial charge in [-0.25, -0.2) is 9.59 Å². The number of benzene rings is 5. The highest BCUT2D eigenvalue weighted by molar-refractivity contribution is 5.90. The lowest BCUT2D eigenvalue weighted by Crippen LogP contribution is -2.07. The minimum Gasteiger partial charge on any atom is -0.463 e. The molecule has 0 saturated heterocycles. The Morgan fingerprint density at radius 1 is 0.432 bits per heavy atom. The summed E-state index contributed by atoms with van der Waals surface area (Å²) < 4.78 is 23.0. The maximum Gasteiger partial charge on any atom is 0.338 e. The number of azo groups is 2. The summed E-state index contributed by atoms with van der Waals surface area (Å²) >= 11 is 0. The molecule has 0 N–H and O–H groups in total. The van der Waals surface area contributed by atoms with Crippen molar-refractivity contribution in [2.24, 2.45) is 20.5 Å². The molecule has 1 heterocycles. The molecular weight excluding hydrogens is 931 g/mol. The highest BCUT2D eigenvalue weighted by Crippen LogP contribution is 2.24. The molecule has 380 valence electrons. The molecule has 0 aliphatic heterocycles. The number of esters is 2. The Balaban J connectivity index is 0.781. The van der Waals surface area contributed by atoms with E-state index in [0.29, 0.717) is 77.3 Å². The van der Waals surface area contributed by atoms with Crippen molar-refractivity contribution >= 4 is 40.8 Å². The molecule has 15 nitrogen and oxygen atoms in total. The monoisotopic (exact) mass is 993 g/mol. The zero-order valence-electron chi connectivity index (χ0n) is 41.9. The van der Waals surface area contributed by atoms with Gasteiger partial charge in [0.2, 0.25) is 0 Å². The van der Waals surface area contributed by atoms with Crippen LogP contribution in [-0.2, 0) is 9.47 Å². The van der Waals surface area contributed by atoms with Crippen molar-refractivity contribution in [1.29, 1.82) is 10.5 Å². The number of nitriles is 2. The van der Waals surface area contributed by atoms with E-state index in [1.54, 1.807) is 103 Å². The van der Waals surface area contributed by atoms with E-state index in [-0.39, 0.29) is 24.0 Å². The Morgan fingerprint density at radius 2 is 0.757 bits per heavy atom. The Kier molecular flexibility index (Phi) is 23.6. The fourth-order valence-corrected chi connectivity index (χ4v) is 7.48. The van der Waals surface area contributed by atoms with E-state index in [1.807, 2.05) is 24.3 Å². The van der Waals surface area contributed by atoms with E-state index in [9.17, 15) is 9.59 Å². The minimum absolute atomic E-state index is 0.253. The molecule has 0 amide bonds. The average molecular weight is 994 g/mol. The van der Waals surface area contributed by atoms with Gasteiger partial charge in [0.25, 0.3) is 0 Å². The number of nitrogens with zero attached hydrogens (tertiary/aromatic N) is 9. The predicted octanol–water partition coefficient (Wildman–Crippen LogP) is 15.5. The van der Waals surface area contributed by atoms with Crippen molar-refractivity contribution in [2.75, 3.05) is 26.4 Å². The van der Waals surface area contributed by atoms with Crippen LogP contribution >= 0.6 is 0 Å². The normalized spacial score (nSPS) is 11.0. The minimum atomic E-state index is -0.352. The average Bonchev–Trinajstić information content (AvgIpc) is 3.44. The Labute approximate surface area is 434 Å². The third-order valence-corrected chi connectivity index (χ3v) is 11.8. The third kappa shape index (κ3) is 20.0. The molecule has 6 aromatic rings. The molecule has 0 radical (unpaired) electrons. The summed E-state index contributed by atoms with van der Waals surface area (Å²) in [4.78, 5) is 38.7. The molecule has 0 aliphatic carbocycles. The number of hydrogen-bond donors (Lipinski definition) is 0. The van der Waals surface area contributed by atoms with E-state index >= 15 is 0 Å². The first-order valence-electron chi connectivity index (χ1n) is 25.5. The first-order valence-corrected chi connectivity index (χ1v) is 25.5. The fraction of sp³-hybridized carbons (Fsp3) is 0.339. The fourth-order valence-electron chi connectivity index (χ4n) is 7.48. The zero-order valence-corrected chi connectivity index (χ0v) is 41.9. The van der Waals surface area contributed by atoms with Crippen LogP contribution in [-0.4, -0.2) is 53.3 Å². The van der Waals surface area contributed by atoms with Gasteiger partial charge in [0.15, 0.2) is 5.82 Å². The van der Waals surface area contributed by atoms with Gasteiger partial charge in [0.05, 0.1) is 83.6 Å². The summed E-state index contributed by atoms with van der Waals surface area (Å²) in [6.07, 6.45) is 18.1. The number of unbranched alkanes of at least 4 members (excludes halogenated alkanes) is 14. The van der Waals surface area contributed by atoms with Gasteiger partial charge in [-0.15, -0.1) is 4.98 Å². The molecular formula is C59H63N9O6. The van der Waals surface area contributed by atoms with Crippen LogP contribution < -0.4 is 9.47 Å². The van der Waals surface area contributed by atoms with Gasteiger partial charge in [-0.1, -0.05) is 114 Å². The number of carbonyl (C=O) groups excluding carboxylic acids is 2. The lowest BCUT2D eigenvalue weighted by atomic mass is 10.1. The predicted molar refractivity (Wildman–Crippen MR) is 284 cm³/mol. The Morgan fingerprint density at radius 3 is 1.09 bits per heavy atom. The van der Waals surface area contributed by atoms with Gasteiger partial charge < -0.3 is 18.9 Å². The number of ether oxygens (including phenoxy) is 4. The molecule has 0 bridgehead atoms. The number of rotatable bonds is 32. The van der Waals surface area contributed by atoms with Crippen molar-refractivity contribution < 1.29 is 28.5 Å². The highest BCUT2D eigenvalue weighted by atomic mass is 16.5. The van der Waals surface area contributed by atoms with Crippen molar-refractivity contribution in [3.63, 3.8) is 0 Å². The summed E-state index contributed by atoms with van der Waals surface area (Å²) in [5.74, 6) is -0.209. The first-order chi connectivity index (χ1) is 36.4. The van der Waals surface area contributed by atoms with Gasteiger partial charge in [-0.3, -0.25) is 0 Å². The Bertz CT molecular complexity index is 2640. The molecule has 0 fully saturated rings. The topological polar surface area (TPSA) is 207 Å². The number of carbonyl (C=O) groups is 2. The van der Waals surface area contributed by atoms with Crippen LogP contribution in [0.5, 0.6) is 12.0 Å². The van der Waals surface area contributed by atoms with Crippen LogP contribution in [0.3, 0.4) is 0 Å². The lowest BCUT2D eigenvalue weighted by molar-refractivity contribution is 0.0488. The van der Waals surface area contributed by atoms with Crippen LogP contribution in [0, 0.1) is 22.7 Å². The standard InChI is InChI=1S/C59H63N9O6/c1-2-45-19-25-48(26-20-45)55-62-58(73-41-17-13-9-5-3-7-11-15-39-71-56(69)49-27-35-53(36-28-49)67-65-51-31-21-46(43-60)22-32-51)64-59(63-55)74-42-18-14-10-6-4-8-12-16-40-72-57(70)50-29-37-54(38-30-50)68-66-52-33-23-47(44-61)24-34-52/h2,19-38H,1,3-18,39-42H2. The molecule has 0 atom stereocenters. The van der Waals surface area contributed by atoms with Crippen LogP contribution in [0.4, 0.5) is 22.7 Å². The van der Waals surface area contributed by atoms with E-state index in [4.69, 9.17) is 29.5 Å². The van der Waals surface area contributed by atoms with Gasteiger partial charge in [0, 0.05) is 5.56 Å². The first kappa shape index (κ1) is 54.9.